The summed E-state index contributed by atoms with van der Waals surface area (Å²) in [5, 5.41) is 12.9. The van der Waals surface area contributed by atoms with E-state index in [-0.39, 0.29) is 0 Å². The molecular formula is C19H21N7. The molecule has 26 heavy (non-hydrogen) atoms. The van der Waals surface area contributed by atoms with Crippen LogP contribution in [0.2, 0.25) is 0 Å². The van der Waals surface area contributed by atoms with Gasteiger partial charge in [0.05, 0.1) is 28.1 Å². The maximum absolute atomic E-state index is 4.65. The van der Waals surface area contributed by atoms with Crippen molar-refractivity contribution in [1.29, 1.82) is 0 Å². The van der Waals surface area contributed by atoms with E-state index in [1.165, 1.54) is 0 Å². The Hall–Kier alpha value is -3.35. The number of para-hydroxylation sites is 1. The van der Waals surface area contributed by atoms with Crippen LogP contribution in [0.5, 0.6) is 0 Å². The monoisotopic (exact) mass is 347 g/mol. The molecule has 0 amide bonds. The van der Waals surface area contributed by atoms with Crippen molar-refractivity contribution in [3.8, 4) is 5.69 Å². The number of hydrazine groups is 1. The molecule has 0 spiro atoms. The van der Waals surface area contributed by atoms with E-state index in [2.05, 4.69) is 38.1 Å². The van der Waals surface area contributed by atoms with E-state index in [9.17, 15) is 0 Å². The molecule has 0 atom stereocenters. The minimum Gasteiger partial charge on any atom is -0.296 e. The molecule has 4 rings (SSSR count). The number of hydrogen-bond donors (Lipinski definition) is 3. The zero-order valence-electron chi connectivity index (χ0n) is 15.3. The Balaban J connectivity index is 1.64. The first-order chi connectivity index (χ1) is 12.5. The first-order valence-electron chi connectivity index (χ1n) is 8.50. The predicted octanol–water partition coefficient (Wildman–Crippen LogP) is 3.82. The van der Waals surface area contributed by atoms with Crippen molar-refractivity contribution < 1.29 is 0 Å². The molecule has 0 radical (unpaired) electrons. The van der Waals surface area contributed by atoms with E-state index < -0.39 is 0 Å². The smallest absolute Gasteiger partial charge is 0.183 e. The number of aromatic nitrogens is 5. The van der Waals surface area contributed by atoms with E-state index in [0.717, 1.165) is 45.2 Å². The topological polar surface area (TPSA) is 83.5 Å². The van der Waals surface area contributed by atoms with Crippen molar-refractivity contribution >= 4 is 22.5 Å². The van der Waals surface area contributed by atoms with Crippen molar-refractivity contribution in [2.45, 2.75) is 27.7 Å². The molecule has 7 heteroatoms. The molecule has 0 saturated heterocycles. The van der Waals surface area contributed by atoms with Gasteiger partial charge in [-0.25, -0.2) is 9.67 Å². The normalized spacial score (nSPS) is 11.1. The lowest BCUT2D eigenvalue weighted by Crippen LogP contribution is -2.11. The molecule has 1 aromatic carbocycles. The summed E-state index contributed by atoms with van der Waals surface area (Å²) in [4.78, 5) is 4.46. The van der Waals surface area contributed by atoms with Crippen molar-refractivity contribution in [2.75, 3.05) is 10.9 Å². The molecule has 0 saturated carbocycles. The second-order valence-electron chi connectivity index (χ2n) is 6.42. The van der Waals surface area contributed by atoms with Gasteiger partial charge in [-0.3, -0.25) is 16.0 Å². The molecule has 0 aliphatic carbocycles. The fourth-order valence-corrected chi connectivity index (χ4v) is 3.23. The van der Waals surface area contributed by atoms with Gasteiger partial charge < -0.3 is 0 Å². The van der Waals surface area contributed by atoms with Crippen molar-refractivity contribution in [2.24, 2.45) is 0 Å². The lowest BCUT2D eigenvalue weighted by molar-refractivity contribution is 0.834. The number of anilines is 2. The second kappa shape index (κ2) is 6.18. The summed E-state index contributed by atoms with van der Waals surface area (Å²) in [6.45, 7) is 8.05. The van der Waals surface area contributed by atoms with E-state index >= 15 is 0 Å². The molecule has 0 fully saturated rings. The minimum atomic E-state index is 0.709. The SMILES string of the molecule is Cc1cc(C)c2c(NNc3c(C)nn(-c4ccccc4)c3C)[nH]nc2n1. The number of nitrogens with one attached hydrogen (secondary N) is 3. The number of fused-ring (bicyclic) bond motifs is 1. The van der Waals surface area contributed by atoms with E-state index in [1.54, 1.807) is 0 Å². The zero-order valence-corrected chi connectivity index (χ0v) is 15.3. The van der Waals surface area contributed by atoms with Crippen molar-refractivity contribution in [3.63, 3.8) is 0 Å². The fourth-order valence-electron chi connectivity index (χ4n) is 3.23. The van der Waals surface area contributed by atoms with Crippen LogP contribution in [0.15, 0.2) is 36.4 Å². The first-order valence-corrected chi connectivity index (χ1v) is 8.50. The molecule has 0 unspecified atom stereocenters. The molecule has 0 bridgehead atoms. The third kappa shape index (κ3) is 2.67. The molecular weight excluding hydrogens is 326 g/mol. The van der Waals surface area contributed by atoms with Crippen LogP contribution in [0, 0.1) is 27.7 Å². The van der Waals surface area contributed by atoms with Crippen LogP contribution in [0.25, 0.3) is 16.7 Å². The maximum Gasteiger partial charge on any atom is 0.183 e. The van der Waals surface area contributed by atoms with Crippen LogP contribution in [-0.2, 0) is 0 Å². The Labute approximate surface area is 151 Å². The quantitative estimate of drug-likeness (QED) is 0.489. The summed E-state index contributed by atoms with van der Waals surface area (Å²) in [6, 6.07) is 12.1. The van der Waals surface area contributed by atoms with Crippen LogP contribution < -0.4 is 10.9 Å². The summed E-state index contributed by atoms with van der Waals surface area (Å²) < 4.78 is 1.93. The van der Waals surface area contributed by atoms with E-state index in [4.69, 9.17) is 0 Å². The molecule has 4 aromatic rings. The number of pyridine rings is 1. The highest BCUT2D eigenvalue weighted by Crippen LogP contribution is 2.26. The largest absolute Gasteiger partial charge is 0.296 e. The Bertz CT molecular complexity index is 1080. The van der Waals surface area contributed by atoms with Crippen LogP contribution >= 0.6 is 0 Å². The standard InChI is InChI=1S/C19H21N7/c1-11-10-12(2)20-18-16(11)19(24-22-18)23-21-17-13(3)25-26(14(17)4)15-8-6-5-7-9-15/h5-10,21H,1-4H3,(H2,20,22,23,24). The Kier molecular flexibility index (Phi) is 3.84. The van der Waals surface area contributed by atoms with Crippen LogP contribution in [0.1, 0.15) is 22.6 Å². The van der Waals surface area contributed by atoms with Crippen LogP contribution in [-0.4, -0.2) is 25.0 Å². The molecule has 0 aliphatic heterocycles. The lowest BCUT2D eigenvalue weighted by Gasteiger charge is -2.10. The van der Waals surface area contributed by atoms with Gasteiger partial charge in [-0.1, -0.05) is 18.2 Å². The van der Waals surface area contributed by atoms with Gasteiger partial charge in [-0.2, -0.15) is 10.2 Å². The highest BCUT2D eigenvalue weighted by atomic mass is 15.4. The second-order valence-corrected chi connectivity index (χ2v) is 6.42. The Morgan fingerprint density at radius 1 is 1.00 bits per heavy atom. The zero-order chi connectivity index (χ0) is 18.3. The van der Waals surface area contributed by atoms with Crippen molar-refractivity contribution in [1.82, 2.24) is 25.0 Å². The molecule has 7 nitrogen and oxygen atoms in total. The van der Waals surface area contributed by atoms with Gasteiger partial charge in [0.25, 0.3) is 0 Å². The molecule has 132 valence electrons. The summed E-state index contributed by atoms with van der Waals surface area (Å²) in [7, 11) is 0. The lowest BCUT2D eigenvalue weighted by atomic mass is 10.2. The van der Waals surface area contributed by atoms with Crippen molar-refractivity contribution in [3.05, 3.63) is 59.0 Å². The number of aryl methyl sites for hydroxylation is 3. The van der Waals surface area contributed by atoms with Gasteiger partial charge in [0.2, 0.25) is 0 Å². The Morgan fingerprint density at radius 2 is 1.77 bits per heavy atom. The molecule has 0 aliphatic rings. The molecule has 3 N–H and O–H groups in total. The third-order valence-corrected chi connectivity index (χ3v) is 4.45. The number of nitrogens with zero attached hydrogens (tertiary/aromatic N) is 4. The average molecular weight is 347 g/mol. The summed E-state index contributed by atoms with van der Waals surface area (Å²) in [5.41, 5.74) is 13.2. The summed E-state index contributed by atoms with van der Waals surface area (Å²) in [5.74, 6) is 0.788. The number of H-pyrrole nitrogens is 1. The van der Waals surface area contributed by atoms with Crippen LogP contribution in [0.3, 0.4) is 0 Å². The van der Waals surface area contributed by atoms with E-state index in [0.29, 0.717) is 5.65 Å². The number of hydrogen-bond acceptors (Lipinski definition) is 5. The number of aromatic amines is 1. The van der Waals surface area contributed by atoms with Gasteiger partial charge in [0.15, 0.2) is 5.65 Å². The fraction of sp³-hybridized carbons (Fsp3) is 0.211. The Morgan fingerprint density at radius 3 is 2.54 bits per heavy atom. The number of rotatable bonds is 4. The van der Waals surface area contributed by atoms with Gasteiger partial charge in [-0.15, -0.1) is 0 Å². The average Bonchev–Trinajstić information content (AvgIpc) is 3.15. The summed E-state index contributed by atoms with van der Waals surface area (Å²) >= 11 is 0. The van der Waals surface area contributed by atoms with Gasteiger partial charge in [0.1, 0.15) is 5.82 Å². The van der Waals surface area contributed by atoms with Crippen LogP contribution in [0.4, 0.5) is 11.5 Å². The minimum absolute atomic E-state index is 0.709. The predicted molar refractivity (Wildman–Crippen MR) is 104 cm³/mol. The van der Waals surface area contributed by atoms with E-state index in [1.807, 2.05) is 61.9 Å². The highest BCUT2D eigenvalue weighted by Gasteiger charge is 2.14. The van der Waals surface area contributed by atoms with Gasteiger partial charge in [0, 0.05) is 5.69 Å². The van der Waals surface area contributed by atoms with Gasteiger partial charge >= 0.3 is 0 Å². The third-order valence-electron chi connectivity index (χ3n) is 4.45. The first kappa shape index (κ1) is 16.1. The molecule has 3 heterocycles. The molecule has 3 aromatic heterocycles. The van der Waals surface area contributed by atoms with Gasteiger partial charge in [-0.05, 0) is 51.5 Å². The summed E-state index contributed by atoms with van der Waals surface area (Å²) in [6.07, 6.45) is 0. The highest BCUT2D eigenvalue weighted by molar-refractivity contribution is 5.90. The number of benzene rings is 1. The maximum atomic E-state index is 4.65.